The van der Waals surface area contributed by atoms with E-state index in [0.29, 0.717) is 0 Å². The molecular weight excluding hydrogens is 312 g/mol. The average molecular weight is 353 g/mol. The van der Waals surface area contributed by atoms with Crippen LogP contribution in [0.4, 0.5) is 0 Å². The van der Waals surface area contributed by atoms with Crippen LogP contribution in [-0.2, 0) is 4.43 Å². The van der Waals surface area contributed by atoms with E-state index >= 15 is 0 Å². The molecule has 1 aliphatic rings. The fraction of sp³-hybridized carbons (Fsp3) is 0.900. The zero-order valence-electron chi connectivity index (χ0n) is 16.7. The molecule has 0 aromatic rings. The second-order valence-electron chi connectivity index (χ2n) is 9.39. The van der Waals surface area contributed by atoms with Crippen molar-refractivity contribution in [2.45, 2.75) is 116 Å². The minimum Gasteiger partial charge on any atom is -0.402 e. The van der Waals surface area contributed by atoms with Crippen molar-refractivity contribution < 1.29 is 4.43 Å². The molecule has 0 radical (unpaired) electrons. The molecule has 0 aliphatic heterocycles. The summed E-state index contributed by atoms with van der Waals surface area (Å²) in [5.41, 5.74) is 3.50. The lowest BCUT2D eigenvalue weighted by Gasteiger charge is -2.36. The van der Waals surface area contributed by atoms with Gasteiger partial charge in [-0.3, -0.25) is 0 Å². The Morgan fingerprint density at radius 1 is 0.652 bits per heavy atom. The maximum atomic E-state index is 6.75. The predicted octanol–water partition coefficient (Wildman–Crippen LogP) is 6.76. The molecule has 1 saturated carbocycles. The van der Waals surface area contributed by atoms with Gasteiger partial charge in [-0.1, -0.05) is 70.5 Å². The van der Waals surface area contributed by atoms with Crippen LogP contribution in [0.2, 0.25) is 39.3 Å². The summed E-state index contributed by atoms with van der Waals surface area (Å²) >= 11 is 0. The maximum Gasteiger partial charge on any atom is 0.185 e. The molecule has 0 amide bonds. The van der Waals surface area contributed by atoms with Crippen LogP contribution in [0.25, 0.3) is 0 Å². The normalized spacial score (nSPS) is 21.5. The highest BCUT2D eigenvalue weighted by molar-refractivity contribution is 6.83. The second kappa shape index (κ2) is 9.44. The van der Waals surface area contributed by atoms with Gasteiger partial charge in [-0.05, 0) is 45.3 Å². The highest BCUT2D eigenvalue weighted by Crippen LogP contribution is 2.31. The van der Waals surface area contributed by atoms with E-state index in [4.69, 9.17) is 4.43 Å². The maximum absolute atomic E-state index is 6.75. The van der Waals surface area contributed by atoms with E-state index < -0.39 is 16.4 Å². The summed E-state index contributed by atoms with van der Waals surface area (Å²) in [7, 11) is -2.95. The summed E-state index contributed by atoms with van der Waals surface area (Å²) in [5.74, 6) is 3.71. The Balaban J connectivity index is 2.94. The quantitative estimate of drug-likeness (QED) is 0.394. The van der Waals surface area contributed by atoms with Gasteiger partial charge in [0.25, 0.3) is 0 Å². The standard InChI is InChI=1S/C20H40OSi2/c1-22(2,3)19-18-20(21-23(4,5)6)16-14-12-10-8-7-9-11-13-15-17-20/h7-17H2,1-6H3. The molecule has 1 rings (SSSR count). The van der Waals surface area contributed by atoms with Crippen molar-refractivity contribution in [3.63, 3.8) is 0 Å². The first kappa shape index (κ1) is 21.0. The van der Waals surface area contributed by atoms with Gasteiger partial charge in [0.2, 0.25) is 0 Å². The van der Waals surface area contributed by atoms with E-state index in [1.807, 2.05) is 0 Å². The lowest BCUT2D eigenvalue weighted by molar-refractivity contribution is 0.0951. The Morgan fingerprint density at radius 2 is 1.04 bits per heavy atom. The summed E-state index contributed by atoms with van der Waals surface area (Å²) in [6.07, 6.45) is 14.6. The molecule has 0 heterocycles. The Hall–Kier alpha value is -0.0462. The van der Waals surface area contributed by atoms with Crippen LogP contribution in [0, 0.1) is 11.5 Å². The summed E-state index contributed by atoms with van der Waals surface area (Å²) in [6.45, 7) is 14.0. The molecule has 0 aromatic heterocycles. The van der Waals surface area contributed by atoms with Crippen LogP contribution < -0.4 is 0 Å². The molecule has 134 valence electrons. The van der Waals surface area contributed by atoms with Crippen molar-refractivity contribution >= 4 is 16.4 Å². The van der Waals surface area contributed by atoms with Crippen molar-refractivity contribution in [2.24, 2.45) is 0 Å². The first-order valence-corrected chi connectivity index (χ1v) is 16.8. The fourth-order valence-electron chi connectivity index (χ4n) is 3.32. The van der Waals surface area contributed by atoms with Crippen LogP contribution in [0.3, 0.4) is 0 Å². The molecule has 0 spiro atoms. The van der Waals surface area contributed by atoms with Crippen molar-refractivity contribution in [1.82, 2.24) is 0 Å². The van der Waals surface area contributed by atoms with Crippen LogP contribution >= 0.6 is 0 Å². The van der Waals surface area contributed by atoms with Crippen LogP contribution in [0.15, 0.2) is 0 Å². The molecule has 0 N–H and O–H groups in total. The molecule has 0 atom stereocenters. The first-order chi connectivity index (χ1) is 10.6. The fourth-order valence-corrected chi connectivity index (χ4v) is 5.35. The van der Waals surface area contributed by atoms with Gasteiger partial charge in [-0.25, -0.2) is 0 Å². The van der Waals surface area contributed by atoms with E-state index in [0.717, 1.165) is 12.8 Å². The van der Waals surface area contributed by atoms with Gasteiger partial charge in [0.05, 0.1) is 0 Å². The van der Waals surface area contributed by atoms with Crippen molar-refractivity contribution in [3.05, 3.63) is 0 Å². The molecule has 0 aromatic carbocycles. The molecule has 1 fully saturated rings. The highest BCUT2D eigenvalue weighted by Gasteiger charge is 2.34. The lowest BCUT2D eigenvalue weighted by atomic mass is 9.89. The SMILES string of the molecule is C[Si](C)(C)C#CC1(O[Si](C)(C)C)CCCCCCCCCCC1. The highest BCUT2D eigenvalue weighted by atomic mass is 28.4. The zero-order valence-corrected chi connectivity index (χ0v) is 18.7. The Morgan fingerprint density at radius 3 is 1.39 bits per heavy atom. The molecule has 0 bridgehead atoms. The predicted molar refractivity (Wildman–Crippen MR) is 109 cm³/mol. The molecule has 0 saturated heterocycles. The van der Waals surface area contributed by atoms with E-state index in [1.54, 1.807) is 0 Å². The van der Waals surface area contributed by atoms with Crippen molar-refractivity contribution in [2.75, 3.05) is 0 Å². The largest absolute Gasteiger partial charge is 0.402 e. The molecule has 3 heteroatoms. The minimum atomic E-state index is -1.59. The van der Waals surface area contributed by atoms with Crippen LogP contribution in [-0.4, -0.2) is 22.0 Å². The topological polar surface area (TPSA) is 9.23 Å². The van der Waals surface area contributed by atoms with Gasteiger partial charge < -0.3 is 4.43 Å². The summed E-state index contributed by atoms with van der Waals surface area (Å²) in [6, 6.07) is 0. The van der Waals surface area contributed by atoms with Gasteiger partial charge in [-0.15, -0.1) is 5.54 Å². The third kappa shape index (κ3) is 10.4. The summed E-state index contributed by atoms with van der Waals surface area (Å²) < 4.78 is 6.75. The Labute approximate surface area is 148 Å². The third-order valence-corrected chi connectivity index (χ3v) is 6.21. The van der Waals surface area contributed by atoms with E-state index in [1.165, 1.54) is 57.8 Å². The number of hydrogen-bond donors (Lipinski definition) is 0. The Kier molecular flexibility index (Phi) is 8.62. The third-order valence-electron chi connectivity index (χ3n) is 4.33. The average Bonchev–Trinajstić information content (AvgIpc) is 2.38. The van der Waals surface area contributed by atoms with E-state index in [-0.39, 0.29) is 5.60 Å². The van der Waals surface area contributed by atoms with Gasteiger partial charge in [0, 0.05) is 0 Å². The van der Waals surface area contributed by atoms with Gasteiger partial charge in [-0.2, -0.15) is 0 Å². The summed E-state index contributed by atoms with van der Waals surface area (Å²) in [5, 5.41) is 0. The van der Waals surface area contributed by atoms with Gasteiger partial charge in [0.1, 0.15) is 13.7 Å². The van der Waals surface area contributed by atoms with Gasteiger partial charge in [0.15, 0.2) is 8.32 Å². The Bertz CT molecular complexity index is 381. The van der Waals surface area contributed by atoms with E-state index in [9.17, 15) is 0 Å². The molecular formula is C20H40OSi2. The molecule has 23 heavy (non-hydrogen) atoms. The monoisotopic (exact) mass is 352 g/mol. The number of hydrogen-bond acceptors (Lipinski definition) is 1. The van der Waals surface area contributed by atoms with Gasteiger partial charge >= 0.3 is 0 Å². The second-order valence-corrected chi connectivity index (χ2v) is 18.6. The van der Waals surface area contributed by atoms with Crippen molar-refractivity contribution in [3.8, 4) is 11.5 Å². The molecule has 1 nitrogen and oxygen atoms in total. The zero-order chi connectivity index (χ0) is 17.4. The number of rotatable bonds is 2. The minimum absolute atomic E-state index is 0.149. The first-order valence-electron chi connectivity index (χ1n) is 9.87. The lowest BCUT2D eigenvalue weighted by Crippen LogP contribution is -2.42. The smallest absolute Gasteiger partial charge is 0.185 e. The van der Waals surface area contributed by atoms with Crippen LogP contribution in [0.1, 0.15) is 70.6 Å². The summed E-state index contributed by atoms with van der Waals surface area (Å²) in [4.78, 5) is 0. The molecule has 0 unspecified atom stereocenters. The van der Waals surface area contributed by atoms with Crippen molar-refractivity contribution in [1.29, 1.82) is 0 Å². The van der Waals surface area contributed by atoms with E-state index in [2.05, 4.69) is 50.7 Å². The van der Waals surface area contributed by atoms with Crippen LogP contribution in [0.5, 0.6) is 0 Å². The molecule has 1 aliphatic carbocycles.